The van der Waals surface area contributed by atoms with E-state index in [9.17, 15) is 9.90 Å². The maximum atomic E-state index is 12.4. The van der Waals surface area contributed by atoms with Crippen molar-refractivity contribution >= 4 is 17.4 Å². The number of alkyl carbamates (subject to hydrolysis) is 1. The van der Waals surface area contributed by atoms with Crippen LogP contribution in [-0.2, 0) is 24.2 Å². The van der Waals surface area contributed by atoms with Gasteiger partial charge in [-0.2, -0.15) is 0 Å². The standard InChI is InChI=1S/C24H29N3O3S/c1-17-15-26-23(31-17)16-30-24(29)27-21(13-19-10-6-3-7-11-19)22(28)14-20(25)12-18-8-4-2-5-9-18/h2-11,15,20-22,28H,12-14,16,25H2,1H3,(H,27,29)/t20-,21-,22-/m0/s1. The summed E-state index contributed by atoms with van der Waals surface area (Å²) in [6.45, 7) is 2.05. The number of aryl methyl sites for hydroxylation is 1. The molecular weight excluding hydrogens is 410 g/mol. The predicted octanol–water partition coefficient (Wildman–Crippen LogP) is 3.61. The Kier molecular flexibility index (Phi) is 8.58. The van der Waals surface area contributed by atoms with Crippen LogP contribution < -0.4 is 11.1 Å². The number of ether oxygens (including phenoxy) is 1. The smallest absolute Gasteiger partial charge is 0.407 e. The molecule has 3 aromatic rings. The van der Waals surface area contributed by atoms with Gasteiger partial charge in [0, 0.05) is 17.1 Å². The van der Waals surface area contributed by atoms with E-state index >= 15 is 0 Å². The van der Waals surface area contributed by atoms with Gasteiger partial charge in [-0.15, -0.1) is 11.3 Å². The fraction of sp³-hybridized carbons (Fsp3) is 0.333. The molecule has 0 saturated carbocycles. The second kappa shape index (κ2) is 11.6. The van der Waals surface area contributed by atoms with Crippen molar-refractivity contribution in [3.8, 4) is 0 Å². The molecule has 2 aromatic carbocycles. The third-order valence-electron chi connectivity index (χ3n) is 4.95. The van der Waals surface area contributed by atoms with Crippen LogP contribution in [0.3, 0.4) is 0 Å². The van der Waals surface area contributed by atoms with Crippen molar-refractivity contribution in [2.45, 2.75) is 51.0 Å². The minimum absolute atomic E-state index is 0.103. The maximum Gasteiger partial charge on any atom is 0.407 e. The van der Waals surface area contributed by atoms with E-state index in [0.29, 0.717) is 19.3 Å². The van der Waals surface area contributed by atoms with Gasteiger partial charge in [-0.05, 0) is 37.3 Å². The average molecular weight is 440 g/mol. The lowest BCUT2D eigenvalue weighted by Crippen LogP contribution is -2.47. The summed E-state index contributed by atoms with van der Waals surface area (Å²) in [6.07, 6.45) is 1.85. The number of hydrogen-bond acceptors (Lipinski definition) is 6. The Balaban J connectivity index is 1.59. The van der Waals surface area contributed by atoms with Crippen molar-refractivity contribution in [1.29, 1.82) is 0 Å². The predicted molar refractivity (Wildman–Crippen MR) is 123 cm³/mol. The number of nitrogens with one attached hydrogen (secondary N) is 1. The molecule has 0 spiro atoms. The Labute approximate surface area is 187 Å². The fourth-order valence-electron chi connectivity index (χ4n) is 3.41. The topological polar surface area (TPSA) is 97.5 Å². The molecule has 0 bridgehead atoms. The number of hydrogen-bond donors (Lipinski definition) is 3. The molecule has 164 valence electrons. The zero-order valence-electron chi connectivity index (χ0n) is 17.6. The van der Waals surface area contributed by atoms with E-state index in [2.05, 4.69) is 10.3 Å². The number of nitrogens with zero attached hydrogens (tertiary/aromatic N) is 1. The molecular formula is C24H29N3O3S. The summed E-state index contributed by atoms with van der Waals surface area (Å²) < 4.78 is 5.32. The van der Waals surface area contributed by atoms with E-state index in [1.807, 2.05) is 67.6 Å². The van der Waals surface area contributed by atoms with E-state index in [-0.39, 0.29) is 12.6 Å². The van der Waals surface area contributed by atoms with Gasteiger partial charge >= 0.3 is 6.09 Å². The Bertz CT molecular complexity index is 934. The minimum atomic E-state index is -0.812. The van der Waals surface area contributed by atoms with Gasteiger partial charge in [0.25, 0.3) is 0 Å². The lowest BCUT2D eigenvalue weighted by atomic mass is 9.94. The van der Waals surface area contributed by atoms with Crippen LogP contribution in [0.1, 0.15) is 27.4 Å². The zero-order chi connectivity index (χ0) is 22.1. The van der Waals surface area contributed by atoms with Crippen LogP contribution in [0.25, 0.3) is 0 Å². The van der Waals surface area contributed by atoms with Gasteiger partial charge in [0.05, 0.1) is 12.1 Å². The highest BCUT2D eigenvalue weighted by Gasteiger charge is 2.24. The Morgan fingerprint density at radius 3 is 2.29 bits per heavy atom. The number of carbonyl (C=O) groups excluding carboxylic acids is 1. The van der Waals surface area contributed by atoms with Crippen molar-refractivity contribution in [3.05, 3.63) is 87.9 Å². The molecule has 7 heteroatoms. The largest absolute Gasteiger partial charge is 0.442 e. The normalized spacial score (nSPS) is 13.9. The number of thiazole rings is 1. The molecule has 31 heavy (non-hydrogen) atoms. The number of aliphatic hydroxyl groups excluding tert-OH is 1. The van der Waals surface area contributed by atoms with Crippen molar-refractivity contribution in [3.63, 3.8) is 0 Å². The molecule has 4 N–H and O–H groups in total. The van der Waals surface area contributed by atoms with Gasteiger partial charge in [0.1, 0.15) is 11.6 Å². The van der Waals surface area contributed by atoms with Gasteiger partial charge in [-0.1, -0.05) is 60.7 Å². The second-order valence-corrected chi connectivity index (χ2v) is 8.95. The quantitative estimate of drug-likeness (QED) is 0.448. The Hall–Kier alpha value is -2.74. The van der Waals surface area contributed by atoms with E-state index in [4.69, 9.17) is 10.5 Å². The first-order valence-corrected chi connectivity index (χ1v) is 11.2. The third-order valence-corrected chi connectivity index (χ3v) is 5.83. The number of carbonyl (C=O) groups is 1. The van der Waals surface area contributed by atoms with E-state index in [1.165, 1.54) is 11.3 Å². The maximum absolute atomic E-state index is 12.4. The monoisotopic (exact) mass is 439 g/mol. The summed E-state index contributed by atoms with van der Waals surface area (Å²) in [7, 11) is 0. The number of benzene rings is 2. The van der Waals surface area contributed by atoms with Crippen molar-refractivity contribution in [1.82, 2.24) is 10.3 Å². The highest BCUT2D eigenvalue weighted by atomic mass is 32.1. The molecule has 3 atom stereocenters. The second-order valence-electron chi connectivity index (χ2n) is 7.63. The SMILES string of the molecule is Cc1cnc(COC(=O)N[C@@H](Cc2ccccc2)[C@@H](O)C[C@@H](N)Cc2ccccc2)s1. The van der Waals surface area contributed by atoms with Gasteiger partial charge in [0.2, 0.25) is 0 Å². The Morgan fingerprint density at radius 1 is 1.10 bits per heavy atom. The summed E-state index contributed by atoms with van der Waals surface area (Å²) in [6, 6.07) is 18.9. The van der Waals surface area contributed by atoms with E-state index < -0.39 is 18.2 Å². The van der Waals surface area contributed by atoms with E-state index in [0.717, 1.165) is 21.0 Å². The highest BCUT2D eigenvalue weighted by Crippen LogP contribution is 2.14. The number of rotatable bonds is 10. The molecule has 0 fully saturated rings. The summed E-state index contributed by atoms with van der Waals surface area (Å²) in [5.41, 5.74) is 8.43. The van der Waals surface area contributed by atoms with Crippen molar-refractivity contribution in [2.75, 3.05) is 0 Å². The minimum Gasteiger partial charge on any atom is -0.442 e. The van der Waals surface area contributed by atoms with Crippen LogP contribution in [0.2, 0.25) is 0 Å². The number of aromatic nitrogens is 1. The highest BCUT2D eigenvalue weighted by molar-refractivity contribution is 7.11. The molecule has 0 aliphatic rings. The van der Waals surface area contributed by atoms with Crippen molar-refractivity contribution in [2.24, 2.45) is 5.73 Å². The number of nitrogens with two attached hydrogens (primary N) is 1. The van der Waals surface area contributed by atoms with Crippen LogP contribution in [0.4, 0.5) is 4.79 Å². The van der Waals surface area contributed by atoms with Crippen LogP contribution in [0, 0.1) is 6.92 Å². The van der Waals surface area contributed by atoms with Crippen molar-refractivity contribution < 1.29 is 14.6 Å². The molecule has 0 radical (unpaired) electrons. The van der Waals surface area contributed by atoms with Crippen LogP contribution in [-0.4, -0.2) is 34.4 Å². The number of amides is 1. The first-order chi connectivity index (χ1) is 15.0. The Morgan fingerprint density at radius 2 is 1.71 bits per heavy atom. The molecule has 3 rings (SSSR count). The van der Waals surface area contributed by atoms with Gasteiger partial charge in [-0.25, -0.2) is 9.78 Å². The summed E-state index contributed by atoms with van der Waals surface area (Å²) in [5.74, 6) is 0. The van der Waals surface area contributed by atoms with Gasteiger partial charge < -0.3 is 20.9 Å². The molecule has 6 nitrogen and oxygen atoms in total. The average Bonchev–Trinajstić information content (AvgIpc) is 3.18. The van der Waals surface area contributed by atoms with Crippen LogP contribution in [0.5, 0.6) is 0 Å². The van der Waals surface area contributed by atoms with Crippen LogP contribution >= 0.6 is 11.3 Å². The molecule has 1 heterocycles. The third kappa shape index (κ3) is 7.79. The van der Waals surface area contributed by atoms with Gasteiger partial charge in [-0.3, -0.25) is 0 Å². The molecule has 0 saturated heterocycles. The lowest BCUT2D eigenvalue weighted by molar-refractivity contribution is 0.0921. The lowest BCUT2D eigenvalue weighted by Gasteiger charge is -2.26. The molecule has 0 unspecified atom stereocenters. The zero-order valence-corrected chi connectivity index (χ0v) is 18.4. The van der Waals surface area contributed by atoms with Gasteiger partial charge in [0.15, 0.2) is 0 Å². The summed E-state index contributed by atoms with van der Waals surface area (Å²) >= 11 is 1.48. The molecule has 1 amide bonds. The fourth-order valence-corrected chi connectivity index (χ4v) is 4.11. The summed E-state index contributed by atoms with van der Waals surface area (Å²) in [4.78, 5) is 17.7. The van der Waals surface area contributed by atoms with E-state index in [1.54, 1.807) is 6.20 Å². The summed E-state index contributed by atoms with van der Waals surface area (Å²) in [5, 5.41) is 14.5. The molecule has 0 aliphatic heterocycles. The number of aliphatic hydroxyl groups is 1. The first-order valence-electron chi connectivity index (χ1n) is 10.4. The van der Waals surface area contributed by atoms with Crippen LogP contribution in [0.15, 0.2) is 66.9 Å². The first kappa shape index (κ1) is 22.9. The molecule has 0 aliphatic carbocycles. The molecule has 1 aromatic heterocycles.